The molecule has 5 heterocycles. The lowest BCUT2D eigenvalue weighted by Gasteiger charge is -2.34. The number of halogens is 2. The third-order valence-corrected chi connectivity index (χ3v) is 9.02. The fraction of sp³-hybridized carbons (Fsp3) is 0.387. The number of rotatable bonds is 8. The topological polar surface area (TPSA) is 141 Å². The highest BCUT2D eigenvalue weighted by Gasteiger charge is 2.41. The van der Waals surface area contributed by atoms with Gasteiger partial charge in [-0.3, -0.25) is 9.69 Å². The molecule has 46 heavy (non-hydrogen) atoms. The third kappa shape index (κ3) is 4.77. The van der Waals surface area contributed by atoms with Gasteiger partial charge in [0.25, 0.3) is 0 Å². The first-order valence-corrected chi connectivity index (χ1v) is 15.0. The van der Waals surface area contributed by atoms with Crippen molar-refractivity contribution in [3.8, 4) is 11.5 Å². The molecule has 4 aromatic rings. The van der Waals surface area contributed by atoms with E-state index >= 15 is 8.78 Å². The summed E-state index contributed by atoms with van der Waals surface area (Å²) >= 11 is 0. The van der Waals surface area contributed by atoms with Gasteiger partial charge in [0.05, 0.1) is 48.5 Å². The van der Waals surface area contributed by atoms with Crippen molar-refractivity contribution in [2.75, 3.05) is 36.1 Å². The Morgan fingerprint density at radius 1 is 1.11 bits per heavy atom. The van der Waals surface area contributed by atoms with Crippen LogP contribution in [-0.4, -0.2) is 75.2 Å². The van der Waals surface area contributed by atoms with Crippen LogP contribution in [0.25, 0.3) is 10.9 Å². The second-order valence-electron chi connectivity index (χ2n) is 12.1. The highest BCUT2D eigenvalue weighted by atomic mass is 19.1. The van der Waals surface area contributed by atoms with Crippen molar-refractivity contribution < 1.29 is 37.7 Å². The highest BCUT2D eigenvalue weighted by molar-refractivity contribution is 5.97. The van der Waals surface area contributed by atoms with Gasteiger partial charge in [-0.05, 0) is 37.5 Å². The van der Waals surface area contributed by atoms with E-state index in [4.69, 9.17) is 14.2 Å². The van der Waals surface area contributed by atoms with Crippen LogP contribution in [0.15, 0.2) is 47.7 Å². The molecule has 15 heteroatoms. The Morgan fingerprint density at radius 2 is 1.96 bits per heavy atom. The molecule has 0 radical (unpaired) electrons. The summed E-state index contributed by atoms with van der Waals surface area (Å²) in [6, 6.07) is 5.25. The molecule has 13 nitrogen and oxygen atoms in total. The number of cyclic esters (lactones) is 1. The van der Waals surface area contributed by atoms with Crippen LogP contribution < -0.4 is 24.7 Å². The molecule has 2 aromatic carbocycles. The molecule has 2 saturated heterocycles. The largest absolute Gasteiger partial charge is 0.490 e. The van der Waals surface area contributed by atoms with E-state index in [1.807, 2.05) is 4.90 Å². The number of ether oxygens (including phenoxy) is 3. The number of carboxylic acid groups (broad SMARTS) is 1. The Bertz CT molecular complexity index is 1950. The van der Waals surface area contributed by atoms with Gasteiger partial charge in [0, 0.05) is 37.0 Å². The second-order valence-corrected chi connectivity index (χ2v) is 12.1. The minimum absolute atomic E-state index is 0.00951. The van der Waals surface area contributed by atoms with Gasteiger partial charge in [0.2, 0.25) is 5.43 Å². The molecule has 0 spiro atoms. The molecule has 8 rings (SSSR count). The van der Waals surface area contributed by atoms with Gasteiger partial charge < -0.3 is 28.8 Å². The number of carboxylic acids is 1. The summed E-state index contributed by atoms with van der Waals surface area (Å²) in [5.41, 5.74) is -0.177. The molecule has 238 valence electrons. The van der Waals surface area contributed by atoms with Gasteiger partial charge in [-0.15, -0.1) is 5.10 Å². The zero-order chi connectivity index (χ0) is 31.7. The van der Waals surface area contributed by atoms with Crippen molar-refractivity contribution in [3.05, 3.63) is 70.3 Å². The number of hydrogen-bond donors (Lipinski definition) is 1. The van der Waals surface area contributed by atoms with E-state index < -0.39 is 40.8 Å². The summed E-state index contributed by atoms with van der Waals surface area (Å²) < 4.78 is 51.5. The SMILES string of the molecule is O=C(O)c1cn(C2CC2)c2c3c(c(F)cc2c1=O)N1C[C@@H](COc2ccc(N4C[C@H](Cn5ccnn5)OC4=O)cc2F)C[C@H]1CO3. The molecule has 3 fully saturated rings. The summed E-state index contributed by atoms with van der Waals surface area (Å²) in [5, 5.41) is 17.2. The van der Waals surface area contributed by atoms with E-state index in [0.29, 0.717) is 30.7 Å². The number of pyridine rings is 1. The molecule has 4 aliphatic rings. The maximum absolute atomic E-state index is 15.7. The first kappa shape index (κ1) is 28.3. The highest BCUT2D eigenvalue weighted by Crippen LogP contribution is 2.48. The zero-order valence-electron chi connectivity index (χ0n) is 24.3. The maximum Gasteiger partial charge on any atom is 0.414 e. The fourth-order valence-corrected chi connectivity index (χ4v) is 6.73. The van der Waals surface area contributed by atoms with Crippen molar-refractivity contribution in [1.82, 2.24) is 19.6 Å². The van der Waals surface area contributed by atoms with E-state index in [1.54, 1.807) is 21.5 Å². The Hall–Kier alpha value is -5.21. The van der Waals surface area contributed by atoms with Gasteiger partial charge in [0.15, 0.2) is 23.1 Å². The Balaban J connectivity index is 0.982. The molecule has 1 saturated carbocycles. The molecule has 0 bridgehead atoms. The lowest BCUT2D eigenvalue weighted by molar-refractivity contribution is 0.0694. The lowest BCUT2D eigenvalue weighted by Crippen LogP contribution is -2.39. The van der Waals surface area contributed by atoms with Crippen LogP contribution in [0, 0.1) is 17.6 Å². The fourth-order valence-electron chi connectivity index (χ4n) is 6.73. The first-order valence-electron chi connectivity index (χ1n) is 15.0. The van der Waals surface area contributed by atoms with Gasteiger partial charge in [0.1, 0.15) is 24.0 Å². The third-order valence-electron chi connectivity index (χ3n) is 9.02. The number of aromatic carboxylic acids is 1. The van der Waals surface area contributed by atoms with Crippen LogP contribution in [0.1, 0.15) is 35.7 Å². The smallest absolute Gasteiger partial charge is 0.414 e. The molecular weight excluding hydrogens is 606 g/mol. The molecule has 1 amide bonds. The number of anilines is 2. The molecule has 0 unspecified atom stereocenters. The van der Waals surface area contributed by atoms with Crippen LogP contribution in [0.5, 0.6) is 11.5 Å². The first-order chi connectivity index (χ1) is 22.2. The normalized spacial score (nSPS) is 22.0. The van der Waals surface area contributed by atoms with Crippen LogP contribution in [0.2, 0.25) is 0 Å². The summed E-state index contributed by atoms with van der Waals surface area (Å²) in [5.74, 6) is -2.48. The number of fused-ring (bicyclic) bond motifs is 5. The predicted molar refractivity (Wildman–Crippen MR) is 158 cm³/mol. The van der Waals surface area contributed by atoms with Crippen LogP contribution in [0.4, 0.5) is 25.0 Å². The molecule has 3 atom stereocenters. The van der Waals surface area contributed by atoms with E-state index in [2.05, 4.69) is 10.3 Å². The number of benzene rings is 2. The molecule has 1 N–H and O–H groups in total. The van der Waals surface area contributed by atoms with Crippen molar-refractivity contribution >= 4 is 34.3 Å². The van der Waals surface area contributed by atoms with E-state index in [9.17, 15) is 19.5 Å². The predicted octanol–water partition coefficient (Wildman–Crippen LogP) is 3.60. The van der Waals surface area contributed by atoms with Gasteiger partial charge in [-0.25, -0.2) is 23.1 Å². The lowest BCUT2D eigenvalue weighted by atomic mass is 10.1. The maximum atomic E-state index is 15.7. The quantitative estimate of drug-likeness (QED) is 0.306. The van der Waals surface area contributed by atoms with Crippen molar-refractivity contribution in [2.45, 2.75) is 44.0 Å². The zero-order valence-corrected chi connectivity index (χ0v) is 24.3. The minimum atomic E-state index is -1.36. The Kier molecular flexibility index (Phi) is 6.58. The Morgan fingerprint density at radius 3 is 2.70 bits per heavy atom. The van der Waals surface area contributed by atoms with Crippen LogP contribution >= 0.6 is 0 Å². The summed E-state index contributed by atoms with van der Waals surface area (Å²) in [4.78, 5) is 40.5. The monoisotopic (exact) mass is 634 g/mol. The number of carbonyl (C=O) groups is 2. The Labute approximate surface area is 259 Å². The van der Waals surface area contributed by atoms with Crippen molar-refractivity contribution in [1.29, 1.82) is 0 Å². The van der Waals surface area contributed by atoms with Crippen LogP contribution in [-0.2, 0) is 11.3 Å². The molecule has 2 aromatic heterocycles. The minimum Gasteiger partial charge on any atom is -0.490 e. The molecule has 1 aliphatic carbocycles. The van der Waals surface area contributed by atoms with E-state index in [1.165, 1.54) is 29.4 Å². The molecular formula is C31H28F2N6O7. The average Bonchev–Trinajstić information content (AvgIpc) is 3.39. The molecule has 3 aliphatic heterocycles. The average molecular weight is 635 g/mol. The van der Waals surface area contributed by atoms with Gasteiger partial charge in [-0.2, -0.15) is 0 Å². The summed E-state index contributed by atoms with van der Waals surface area (Å²) in [7, 11) is 0. The number of carbonyl (C=O) groups excluding carboxylic acids is 1. The van der Waals surface area contributed by atoms with Crippen LogP contribution in [0.3, 0.4) is 0 Å². The van der Waals surface area contributed by atoms with Gasteiger partial charge >= 0.3 is 12.1 Å². The van der Waals surface area contributed by atoms with E-state index in [0.717, 1.165) is 18.9 Å². The number of amides is 1. The standard InChI is InChI=1S/C31H28F2N6O7/c32-23-8-18(39-12-20(46-31(39)43)11-36-6-5-34-35-36)3-4-25(23)44-14-16-7-19-15-45-29-26-21(9-24(33)27(29)37(19)10-16)28(40)22(30(41)42)13-38(26)17-1-2-17/h3-6,8-9,13,16-17,19-20H,1-2,7,10-12,14-15H2,(H,41,42)/t16-,19-,20-/m0/s1. The summed E-state index contributed by atoms with van der Waals surface area (Å²) in [6.45, 7) is 1.37. The number of aromatic nitrogens is 4. The number of hydrogen-bond acceptors (Lipinski definition) is 9. The second kappa shape index (κ2) is 10.7. The summed E-state index contributed by atoms with van der Waals surface area (Å²) in [6.07, 6.45) is 5.72. The van der Waals surface area contributed by atoms with E-state index in [-0.39, 0.29) is 60.3 Å². The van der Waals surface area contributed by atoms with Crippen molar-refractivity contribution in [2.24, 2.45) is 5.92 Å². The number of nitrogens with zero attached hydrogens (tertiary/aromatic N) is 6. The van der Waals surface area contributed by atoms with Crippen molar-refractivity contribution in [3.63, 3.8) is 0 Å². The van der Waals surface area contributed by atoms with Gasteiger partial charge in [-0.1, -0.05) is 5.21 Å².